The minimum Gasteiger partial charge on any atom is -0.492 e. The standard InChI is InChI=1S/C20H21N3O4/c1-14-7-9-15(10-8-14)27-12-11-22(2)18(24)13-23-17-6-4-3-5-16(17)19(25)21-20(23)26/h3-10H,11-13H2,1-2H3,(H,21,25,26). The minimum absolute atomic E-state index is 0.156. The van der Waals surface area contributed by atoms with Crippen LogP contribution >= 0.6 is 0 Å². The maximum atomic E-state index is 12.5. The summed E-state index contributed by atoms with van der Waals surface area (Å²) < 4.78 is 6.91. The minimum atomic E-state index is -0.601. The number of aromatic amines is 1. The summed E-state index contributed by atoms with van der Waals surface area (Å²) >= 11 is 0. The molecule has 0 atom stereocenters. The predicted octanol–water partition coefficient (Wildman–Crippen LogP) is 1.54. The highest BCUT2D eigenvalue weighted by Gasteiger charge is 2.14. The fraction of sp³-hybridized carbons (Fsp3) is 0.250. The van der Waals surface area contributed by atoms with E-state index < -0.39 is 11.2 Å². The summed E-state index contributed by atoms with van der Waals surface area (Å²) in [4.78, 5) is 40.3. The quantitative estimate of drug-likeness (QED) is 0.716. The van der Waals surface area contributed by atoms with Crippen molar-refractivity contribution >= 4 is 16.8 Å². The Morgan fingerprint density at radius 2 is 1.81 bits per heavy atom. The van der Waals surface area contributed by atoms with Crippen LogP contribution in [0.3, 0.4) is 0 Å². The second-order valence-corrected chi connectivity index (χ2v) is 6.34. The number of H-pyrrole nitrogens is 1. The summed E-state index contributed by atoms with van der Waals surface area (Å²) in [5, 5.41) is 0.371. The number of nitrogens with one attached hydrogen (secondary N) is 1. The van der Waals surface area contributed by atoms with Gasteiger partial charge >= 0.3 is 5.69 Å². The van der Waals surface area contributed by atoms with Gasteiger partial charge in [-0.15, -0.1) is 0 Å². The number of nitrogens with zero attached hydrogens (tertiary/aromatic N) is 2. The van der Waals surface area contributed by atoms with Crippen LogP contribution in [-0.4, -0.2) is 40.6 Å². The number of amides is 1. The molecule has 2 aromatic carbocycles. The first-order valence-corrected chi connectivity index (χ1v) is 8.61. The van der Waals surface area contributed by atoms with Gasteiger partial charge in [-0.1, -0.05) is 29.8 Å². The molecule has 27 heavy (non-hydrogen) atoms. The molecule has 3 rings (SSSR count). The Morgan fingerprint density at radius 3 is 2.56 bits per heavy atom. The van der Waals surface area contributed by atoms with Gasteiger partial charge in [0.05, 0.1) is 17.4 Å². The molecule has 0 aliphatic heterocycles. The summed E-state index contributed by atoms with van der Waals surface area (Å²) in [5.74, 6) is 0.492. The largest absolute Gasteiger partial charge is 0.492 e. The van der Waals surface area contributed by atoms with Crippen molar-refractivity contribution in [2.75, 3.05) is 20.2 Å². The molecule has 1 N–H and O–H groups in total. The molecule has 1 heterocycles. The van der Waals surface area contributed by atoms with E-state index in [2.05, 4.69) is 4.98 Å². The van der Waals surface area contributed by atoms with E-state index in [0.717, 1.165) is 11.3 Å². The molecule has 1 amide bonds. The molecule has 0 bridgehead atoms. The van der Waals surface area contributed by atoms with E-state index in [1.165, 1.54) is 9.47 Å². The first-order chi connectivity index (χ1) is 13.0. The van der Waals surface area contributed by atoms with E-state index in [1.54, 1.807) is 31.3 Å². The molecule has 3 aromatic rings. The number of likely N-dealkylation sites (N-methyl/N-ethyl adjacent to an activating group) is 1. The lowest BCUT2D eigenvalue weighted by Gasteiger charge is -2.18. The van der Waals surface area contributed by atoms with Crippen LogP contribution in [0.15, 0.2) is 58.1 Å². The molecule has 7 heteroatoms. The van der Waals surface area contributed by atoms with E-state index in [9.17, 15) is 14.4 Å². The van der Waals surface area contributed by atoms with Gasteiger partial charge in [-0.3, -0.25) is 19.1 Å². The van der Waals surface area contributed by atoms with Gasteiger partial charge in [0.2, 0.25) is 5.91 Å². The number of ether oxygens (including phenoxy) is 1. The summed E-state index contributed by atoms with van der Waals surface area (Å²) in [6.45, 7) is 2.56. The zero-order valence-corrected chi connectivity index (χ0v) is 15.3. The van der Waals surface area contributed by atoms with Crippen LogP contribution in [0.5, 0.6) is 5.75 Å². The van der Waals surface area contributed by atoms with Crippen LogP contribution in [-0.2, 0) is 11.3 Å². The van der Waals surface area contributed by atoms with Gasteiger partial charge in [-0.05, 0) is 31.2 Å². The number of benzene rings is 2. The van der Waals surface area contributed by atoms with Crippen LogP contribution in [0.4, 0.5) is 0 Å². The number of aryl methyl sites for hydroxylation is 1. The summed E-state index contributed by atoms with van der Waals surface area (Å²) in [6, 6.07) is 14.4. The Hall–Kier alpha value is -3.35. The first kappa shape index (κ1) is 18.4. The summed E-state index contributed by atoms with van der Waals surface area (Å²) in [7, 11) is 1.65. The van der Waals surface area contributed by atoms with Crippen molar-refractivity contribution < 1.29 is 9.53 Å². The van der Waals surface area contributed by atoms with Gasteiger partial charge in [0.1, 0.15) is 18.9 Å². The topological polar surface area (TPSA) is 84.4 Å². The lowest BCUT2D eigenvalue weighted by Crippen LogP contribution is -2.38. The second-order valence-electron chi connectivity index (χ2n) is 6.34. The number of carbonyl (C=O) groups excluding carboxylic acids is 1. The first-order valence-electron chi connectivity index (χ1n) is 8.61. The van der Waals surface area contributed by atoms with Gasteiger partial charge in [-0.2, -0.15) is 0 Å². The number of carbonyl (C=O) groups is 1. The number of rotatable bonds is 6. The lowest BCUT2D eigenvalue weighted by molar-refractivity contribution is -0.130. The fourth-order valence-electron chi connectivity index (χ4n) is 2.71. The van der Waals surface area contributed by atoms with Crippen molar-refractivity contribution in [3.05, 3.63) is 74.9 Å². The van der Waals surface area contributed by atoms with Crippen molar-refractivity contribution in [3.8, 4) is 5.75 Å². The molecule has 7 nitrogen and oxygen atoms in total. The number of hydrogen-bond acceptors (Lipinski definition) is 4. The van der Waals surface area contributed by atoms with Crippen LogP contribution in [0, 0.1) is 6.92 Å². The highest BCUT2D eigenvalue weighted by atomic mass is 16.5. The van der Waals surface area contributed by atoms with Crippen molar-refractivity contribution in [3.63, 3.8) is 0 Å². The van der Waals surface area contributed by atoms with E-state index in [-0.39, 0.29) is 12.5 Å². The summed E-state index contributed by atoms with van der Waals surface area (Å²) in [6.07, 6.45) is 0. The van der Waals surface area contributed by atoms with E-state index in [0.29, 0.717) is 24.1 Å². The van der Waals surface area contributed by atoms with Crippen molar-refractivity contribution in [2.24, 2.45) is 0 Å². The Morgan fingerprint density at radius 1 is 1.11 bits per heavy atom. The van der Waals surface area contributed by atoms with Crippen molar-refractivity contribution in [1.29, 1.82) is 0 Å². The number of hydrogen-bond donors (Lipinski definition) is 1. The highest BCUT2D eigenvalue weighted by molar-refractivity contribution is 5.81. The van der Waals surface area contributed by atoms with Crippen LogP contribution in [0.25, 0.3) is 10.9 Å². The molecule has 1 aromatic heterocycles. The smallest absolute Gasteiger partial charge is 0.329 e. The molecular formula is C20H21N3O4. The monoisotopic (exact) mass is 367 g/mol. The SMILES string of the molecule is Cc1ccc(OCCN(C)C(=O)Cn2c(=O)[nH]c(=O)c3ccccc32)cc1. The van der Waals surface area contributed by atoms with Crippen molar-refractivity contribution in [2.45, 2.75) is 13.5 Å². The third kappa shape index (κ3) is 4.25. The maximum absolute atomic E-state index is 12.5. The zero-order chi connectivity index (χ0) is 19.4. The number of para-hydroxylation sites is 1. The van der Waals surface area contributed by atoms with Gasteiger partial charge in [0.25, 0.3) is 5.56 Å². The Labute approximate surface area is 155 Å². The Kier molecular flexibility index (Phi) is 5.40. The number of fused-ring (bicyclic) bond motifs is 1. The van der Waals surface area contributed by atoms with Crippen LogP contribution in [0.2, 0.25) is 0 Å². The molecule has 0 unspecified atom stereocenters. The van der Waals surface area contributed by atoms with Gasteiger partial charge < -0.3 is 9.64 Å². The third-order valence-corrected chi connectivity index (χ3v) is 4.34. The van der Waals surface area contributed by atoms with E-state index in [4.69, 9.17) is 4.74 Å². The average molecular weight is 367 g/mol. The fourth-order valence-corrected chi connectivity index (χ4v) is 2.71. The second kappa shape index (κ2) is 7.90. The highest BCUT2D eigenvalue weighted by Crippen LogP contribution is 2.11. The van der Waals surface area contributed by atoms with Crippen LogP contribution < -0.4 is 16.0 Å². The molecule has 0 saturated heterocycles. The molecule has 140 valence electrons. The van der Waals surface area contributed by atoms with Gasteiger partial charge in [-0.25, -0.2) is 4.79 Å². The van der Waals surface area contributed by atoms with E-state index in [1.807, 2.05) is 31.2 Å². The molecule has 0 aliphatic carbocycles. The molecule has 0 radical (unpaired) electrons. The molecule has 0 fully saturated rings. The molecule has 0 spiro atoms. The molecular weight excluding hydrogens is 346 g/mol. The summed E-state index contributed by atoms with van der Waals surface area (Å²) in [5.41, 5.74) is 0.521. The predicted molar refractivity (Wildman–Crippen MR) is 103 cm³/mol. The Bertz CT molecular complexity index is 1070. The Balaban J connectivity index is 1.66. The van der Waals surface area contributed by atoms with Gasteiger partial charge in [0.15, 0.2) is 0 Å². The zero-order valence-electron chi connectivity index (χ0n) is 15.3. The van der Waals surface area contributed by atoms with E-state index >= 15 is 0 Å². The normalized spacial score (nSPS) is 10.7. The molecule has 0 aliphatic rings. The van der Waals surface area contributed by atoms with Crippen LogP contribution in [0.1, 0.15) is 5.56 Å². The third-order valence-electron chi connectivity index (χ3n) is 4.34. The van der Waals surface area contributed by atoms with Gasteiger partial charge in [0, 0.05) is 7.05 Å². The molecule has 0 saturated carbocycles. The van der Waals surface area contributed by atoms with Crippen molar-refractivity contribution in [1.82, 2.24) is 14.5 Å². The maximum Gasteiger partial charge on any atom is 0.329 e. The number of aromatic nitrogens is 2. The lowest BCUT2D eigenvalue weighted by atomic mass is 10.2. The average Bonchev–Trinajstić information content (AvgIpc) is 2.66.